The van der Waals surface area contributed by atoms with Crippen LogP contribution in [-0.2, 0) is 21.4 Å². The molecule has 0 fully saturated rings. The van der Waals surface area contributed by atoms with E-state index in [9.17, 15) is 13.2 Å². The van der Waals surface area contributed by atoms with E-state index in [-0.39, 0.29) is 17.3 Å². The lowest BCUT2D eigenvalue weighted by Crippen LogP contribution is -2.39. The van der Waals surface area contributed by atoms with Crippen LogP contribution in [0.2, 0.25) is 0 Å². The van der Waals surface area contributed by atoms with Gasteiger partial charge in [-0.1, -0.05) is 29.8 Å². The van der Waals surface area contributed by atoms with Crippen LogP contribution in [-0.4, -0.2) is 44.2 Å². The summed E-state index contributed by atoms with van der Waals surface area (Å²) < 4.78 is 26.6. The molecule has 0 saturated heterocycles. The molecule has 2 rings (SSSR count). The summed E-state index contributed by atoms with van der Waals surface area (Å²) >= 11 is 0. The second-order valence-corrected chi connectivity index (χ2v) is 9.23. The Kier molecular flexibility index (Phi) is 6.44. The lowest BCUT2D eigenvalue weighted by Gasteiger charge is -2.23. The van der Waals surface area contributed by atoms with E-state index in [1.807, 2.05) is 39.8 Å². The molecule has 0 spiro atoms. The van der Waals surface area contributed by atoms with Crippen molar-refractivity contribution in [2.45, 2.75) is 39.1 Å². The molecule has 0 unspecified atom stereocenters. The van der Waals surface area contributed by atoms with E-state index in [0.717, 1.165) is 26.6 Å². The fraction of sp³-hybridized carbons (Fsp3) is 0.381. The molecule has 146 valence electrons. The summed E-state index contributed by atoms with van der Waals surface area (Å²) in [5.74, 6) is -0.245. The van der Waals surface area contributed by atoms with Gasteiger partial charge in [0.15, 0.2) is 0 Å². The predicted molar refractivity (Wildman–Crippen MR) is 108 cm³/mol. The number of carbonyl (C=O) groups is 1. The van der Waals surface area contributed by atoms with Crippen LogP contribution in [0.5, 0.6) is 0 Å². The van der Waals surface area contributed by atoms with E-state index in [2.05, 4.69) is 6.07 Å². The smallest absolute Gasteiger partial charge is 0.243 e. The lowest BCUT2D eigenvalue weighted by atomic mass is 10.1. The third kappa shape index (κ3) is 4.96. The Balaban J connectivity index is 2.10. The zero-order valence-corrected chi connectivity index (χ0v) is 17.7. The van der Waals surface area contributed by atoms with Crippen LogP contribution in [0, 0.1) is 27.7 Å². The highest BCUT2D eigenvalue weighted by molar-refractivity contribution is 7.89. The van der Waals surface area contributed by atoms with Crippen molar-refractivity contribution in [3.8, 4) is 0 Å². The van der Waals surface area contributed by atoms with Crippen molar-refractivity contribution in [2.75, 3.05) is 20.6 Å². The minimum Gasteiger partial charge on any atom is -0.340 e. The van der Waals surface area contributed by atoms with E-state index >= 15 is 0 Å². The maximum absolute atomic E-state index is 12.8. The Bertz CT molecular complexity index is 952. The van der Waals surface area contributed by atoms with Crippen LogP contribution in [0.1, 0.15) is 27.8 Å². The van der Waals surface area contributed by atoms with Crippen LogP contribution in [0.25, 0.3) is 0 Å². The summed E-state index contributed by atoms with van der Waals surface area (Å²) in [6.45, 7) is 8.09. The molecule has 0 heterocycles. The number of carbonyl (C=O) groups excluding carboxylic acids is 1. The van der Waals surface area contributed by atoms with Crippen molar-refractivity contribution in [1.82, 2.24) is 9.21 Å². The summed E-state index contributed by atoms with van der Waals surface area (Å²) in [6, 6.07) is 11.1. The molecule has 6 heteroatoms. The number of sulfonamides is 1. The number of likely N-dealkylation sites (N-methyl/N-ethyl adjacent to an activating group) is 2. The molecule has 0 saturated carbocycles. The Morgan fingerprint density at radius 3 is 2.15 bits per heavy atom. The van der Waals surface area contributed by atoms with E-state index < -0.39 is 10.0 Å². The number of amides is 1. The molecule has 0 N–H and O–H groups in total. The SMILES string of the molecule is Cc1ccc(CN(C)C(=O)CN(C)S(=O)(=O)c2ccc(C)c(C)c2)c(C)c1. The maximum Gasteiger partial charge on any atom is 0.243 e. The van der Waals surface area contributed by atoms with E-state index in [4.69, 9.17) is 0 Å². The first-order chi connectivity index (χ1) is 12.5. The number of hydrogen-bond donors (Lipinski definition) is 0. The topological polar surface area (TPSA) is 57.7 Å². The Labute approximate surface area is 162 Å². The monoisotopic (exact) mass is 388 g/mol. The highest BCUT2D eigenvalue weighted by Crippen LogP contribution is 2.18. The molecule has 0 aliphatic rings. The first-order valence-corrected chi connectivity index (χ1v) is 10.3. The molecular formula is C21H28N2O3S. The van der Waals surface area contributed by atoms with Crippen LogP contribution >= 0.6 is 0 Å². The van der Waals surface area contributed by atoms with Gasteiger partial charge in [-0.3, -0.25) is 4.79 Å². The van der Waals surface area contributed by atoms with Crippen LogP contribution in [0.15, 0.2) is 41.3 Å². The van der Waals surface area contributed by atoms with Gasteiger partial charge in [-0.05, 0) is 62.1 Å². The fourth-order valence-corrected chi connectivity index (χ4v) is 4.02. The van der Waals surface area contributed by atoms with Gasteiger partial charge in [-0.2, -0.15) is 4.31 Å². The van der Waals surface area contributed by atoms with Crippen molar-refractivity contribution in [3.63, 3.8) is 0 Å². The maximum atomic E-state index is 12.8. The normalized spacial score (nSPS) is 11.7. The van der Waals surface area contributed by atoms with Gasteiger partial charge < -0.3 is 4.90 Å². The standard InChI is InChI=1S/C21H28N2O3S/c1-15-7-9-19(18(4)11-15)13-22(5)21(24)14-23(6)27(25,26)20-10-8-16(2)17(3)12-20/h7-12H,13-14H2,1-6H3. The second kappa shape index (κ2) is 8.23. The van der Waals surface area contributed by atoms with E-state index in [1.165, 1.54) is 12.6 Å². The Morgan fingerprint density at radius 2 is 1.56 bits per heavy atom. The first kappa shape index (κ1) is 21.1. The first-order valence-electron chi connectivity index (χ1n) is 8.86. The minimum absolute atomic E-state index is 0.198. The average Bonchev–Trinajstić information content (AvgIpc) is 2.59. The van der Waals surface area contributed by atoms with Gasteiger partial charge in [0.1, 0.15) is 0 Å². The fourth-order valence-electron chi connectivity index (χ4n) is 2.82. The molecule has 0 aliphatic carbocycles. The van der Waals surface area contributed by atoms with Crippen molar-refractivity contribution >= 4 is 15.9 Å². The molecule has 27 heavy (non-hydrogen) atoms. The largest absolute Gasteiger partial charge is 0.340 e. The van der Waals surface area contributed by atoms with E-state index in [1.54, 1.807) is 30.1 Å². The van der Waals surface area contributed by atoms with E-state index in [0.29, 0.717) is 6.54 Å². The Morgan fingerprint density at radius 1 is 0.889 bits per heavy atom. The molecule has 2 aromatic rings. The van der Waals surface area contributed by atoms with Crippen molar-refractivity contribution in [2.24, 2.45) is 0 Å². The zero-order chi connectivity index (χ0) is 20.4. The number of aryl methyl sites for hydroxylation is 4. The van der Waals surface area contributed by atoms with Crippen molar-refractivity contribution in [3.05, 3.63) is 64.2 Å². The number of benzene rings is 2. The molecule has 0 radical (unpaired) electrons. The molecule has 0 aromatic heterocycles. The molecule has 0 atom stereocenters. The average molecular weight is 389 g/mol. The quantitative estimate of drug-likeness (QED) is 0.764. The Hall–Kier alpha value is -2.18. The zero-order valence-electron chi connectivity index (χ0n) is 16.9. The van der Waals surface area contributed by atoms with Crippen LogP contribution in [0.4, 0.5) is 0 Å². The van der Waals surface area contributed by atoms with Gasteiger partial charge in [0.2, 0.25) is 15.9 Å². The molecule has 0 bridgehead atoms. The summed E-state index contributed by atoms with van der Waals surface area (Å²) in [4.78, 5) is 14.3. The van der Waals surface area contributed by atoms with Gasteiger partial charge in [-0.25, -0.2) is 8.42 Å². The second-order valence-electron chi connectivity index (χ2n) is 7.19. The van der Waals surface area contributed by atoms with Crippen molar-refractivity contribution < 1.29 is 13.2 Å². The summed E-state index contributed by atoms with van der Waals surface area (Å²) in [5.41, 5.74) is 5.27. The third-order valence-corrected chi connectivity index (χ3v) is 6.68. The number of rotatable bonds is 6. The molecule has 0 aliphatic heterocycles. The molecule has 5 nitrogen and oxygen atoms in total. The minimum atomic E-state index is -3.71. The lowest BCUT2D eigenvalue weighted by molar-refractivity contribution is -0.130. The van der Waals surface area contributed by atoms with Crippen LogP contribution < -0.4 is 0 Å². The molecule has 1 amide bonds. The highest BCUT2D eigenvalue weighted by Gasteiger charge is 2.24. The number of hydrogen-bond acceptors (Lipinski definition) is 3. The summed E-state index contributed by atoms with van der Waals surface area (Å²) in [7, 11) is -0.577. The molecular weight excluding hydrogens is 360 g/mol. The van der Waals surface area contributed by atoms with Gasteiger partial charge in [0.05, 0.1) is 11.4 Å². The number of nitrogens with zero attached hydrogens (tertiary/aromatic N) is 2. The van der Waals surface area contributed by atoms with Gasteiger partial charge in [0, 0.05) is 20.6 Å². The highest BCUT2D eigenvalue weighted by atomic mass is 32.2. The molecule has 2 aromatic carbocycles. The van der Waals surface area contributed by atoms with Gasteiger partial charge in [0.25, 0.3) is 0 Å². The predicted octanol–water partition coefficient (Wildman–Crippen LogP) is 3.20. The van der Waals surface area contributed by atoms with Gasteiger partial charge >= 0.3 is 0 Å². The third-order valence-electron chi connectivity index (χ3n) is 4.88. The van der Waals surface area contributed by atoms with Gasteiger partial charge in [-0.15, -0.1) is 0 Å². The van der Waals surface area contributed by atoms with Crippen molar-refractivity contribution in [1.29, 1.82) is 0 Å². The van der Waals surface area contributed by atoms with Crippen LogP contribution in [0.3, 0.4) is 0 Å². The summed E-state index contributed by atoms with van der Waals surface area (Å²) in [5, 5.41) is 0. The summed E-state index contributed by atoms with van der Waals surface area (Å²) in [6.07, 6.45) is 0.